The van der Waals surface area contributed by atoms with Crippen LogP contribution in [0.15, 0.2) is 0 Å². The number of nitrogens with one attached hydrogen (secondary N) is 1. The van der Waals surface area contributed by atoms with E-state index in [4.69, 9.17) is 9.47 Å². The number of esters is 1. The smallest absolute Gasteiger partial charge is 0.408 e. The number of amides is 1. The predicted molar refractivity (Wildman–Crippen MR) is 71.0 cm³/mol. The van der Waals surface area contributed by atoms with Gasteiger partial charge in [-0.15, -0.1) is 11.8 Å². The third-order valence-corrected chi connectivity index (χ3v) is 2.07. The lowest BCUT2D eigenvalue weighted by molar-refractivity contribution is -0.144. The Labute approximate surface area is 114 Å². The van der Waals surface area contributed by atoms with E-state index in [0.29, 0.717) is 6.42 Å². The van der Waals surface area contributed by atoms with Crippen LogP contribution >= 0.6 is 0 Å². The fraction of sp³-hybridized carbons (Fsp3) is 0.571. The molecule has 0 spiro atoms. The summed E-state index contributed by atoms with van der Waals surface area (Å²) in [5.41, 5.74) is 0. The van der Waals surface area contributed by atoms with Crippen molar-refractivity contribution in [1.82, 2.24) is 5.32 Å². The van der Waals surface area contributed by atoms with Crippen molar-refractivity contribution in [3.8, 4) is 23.7 Å². The molecule has 1 atom stereocenters. The summed E-state index contributed by atoms with van der Waals surface area (Å²) in [6.45, 7) is 5.22. The summed E-state index contributed by atoms with van der Waals surface area (Å²) in [5, 5.41) is 2.45. The number of ether oxygens (including phenoxy) is 2. The normalized spacial score (nSPS) is 10.1. The minimum absolute atomic E-state index is 0.00244. The third-order valence-electron chi connectivity index (χ3n) is 2.07. The molecule has 0 bridgehead atoms. The largest absolute Gasteiger partial charge is 0.451 e. The highest BCUT2D eigenvalue weighted by molar-refractivity contribution is 5.81. The molecule has 0 aliphatic rings. The van der Waals surface area contributed by atoms with Gasteiger partial charge in [-0.2, -0.15) is 0 Å². The zero-order valence-electron chi connectivity index (χ0n) is 11.5. The molecule has 0 saturated heterocycles. The first-order valence-electron chi connectivity index (χ1n) is 6.04. The second kappa shape index (κ2) is 11.0. The van der Waals surface area contributed by atoms with E-state index >= 15 is 0 Å². The maximum atomic E-state index is 11.7. The molecule has 0 aromatic heterocycles. The van der Waals surface area contributed by atoms with E-state index in [0.717, 1.165) is 6.42 Å². The van der Waals surface area contributed by atoms with Crippen LogP contribution in [0.25, 0.3) is 0 Å². The summed E-state index contributed by atoms with van der Waals surface area (Å²) >= 11 is 0. The summed E-state index contributed by atoms with van der Waals surface area (Å²) in [5.74, 6) is 9.90. The number of hydrogen-bond acceptors (Lipinski definition) is 4. The standard InChI is InChI=1S/C14H19NO4/c1-4-7-10-18-13(16)12(9-6-3)15-14(17)19-11-8-5-2/h12H,6,9-11H2,1-3H3,(H,15,17)/t12-/m0/s1. The van der Waals surface area contributed by atoms with E-state index in [9.17, 15) is 9.59 Å². The highest BCUT2D eigenvalue weighted by atomic mass is 16.6. The number of hydrogen-bond donors (Lipinski definition) is 1. The maximum absolute atomic E-state index is 11.7. The Kier molecular flexibility index (Phi) is 9.74. The van der Waals surface area contributed by atoms with Crippen LogP contribution in [-0.2, 0) is 14.3 Å². The Morgan fingerprint density at radius 2 is 1.68 bits per heavy atom. The van der Waals surface area contributed by atoms with Gasteiger partial charge >= 0.3 is 12.1 Å². The minimum atomic E-state index is -0.717. The zero-order chi connectivity index (χ0) is 14.5. The van der Waals surface area contributed by atoms with Crippen molar-refractivity contribution in [1.29, 1.82) is 0 Å². The van der Waals surface area contributed by atoms with Gasteiger partial charge in [-0.3, -0.25) is 0 Å². The van der Waals surface area contributed by atoms with Gasteiger partial charge in [0.05, 0.1) is 0 Å². The second-order valence-corrected chi connectivity index (χ2v) is 3.52. The molecule has 1 amide bonds. The van der Waals surface area contributed by atoms with Gasteiger partial charge in [0.2, 0.25) is 0 Å². The van der Waals surface area contributed by atoms with Crippen LogP contribution in [-0.4, -0.2) is 31.3 Å². The van der Waals surface area contributed by atoms with E-state index < -0.39 is 18.1 Å². The topological polar surface area (TPSA) is 64.6 Å². The van der Waals surface area contributed by atoms with Gasteiger partial charge in [0.25, 0.3) is 0 Å². The van der Waals surface area contributed by atoms with Crippen molar-refractivity contribution in [3.05, 3.63) is 0 Å². The summed E-state index contributed by atoms with van der Waals surface area (Å²) in [7, 11) is 0. The van der Waals surface area contributed by atoms with Gasteiger partial charge < -0.3 is 14.8 Å². The van der Waals surface area contributed by atoms with Crippen LogP contribution in [0.4, 0.5) is 4.79 Å². The Balaban J connectivity index is 4.27. The fourth-order valence-corrected chi connectivity index (χ4v) is 1.18. The molecule has 0 saturated carbocycles. The molecule has 5 heteroatoms. The maximum Gasteiger partial charge on any atom is 0.408 e. The lowest BCUT2D eigenvalue weighted by Crippen LogP contribution is -2.42. The first kappa shape index (κ1) is 16.9. The first-order chi connectivity index (χ1) is 9.15. The molecular weight excluding hydrogens is 246 g/mol. The lowest BCUT2D eigenvalue weighted by atomic mass is 10.2. The van der Waals surface area contributed by atoms with Gasteiger partial charge in [-0.25, -0.2) is 9.59 Å². The van der Waals surface area contributed by atoms with Gasteiger partial charge in [-0.05, 0) is 20.3 Å². The molecule has 1 N–H and O–H groups in total. The van der Waals surface area contributed by atoms with E-state index in [1.54, 1.807) is 13.8 Å². The van der Waals surface area contributed by atoms with Gasteiger partial charge in [0.1, 0.15) is 6.04 Å². The van der Waals surface area contributed by atoms with Crippen LogP contribution in [0.3, 0.4) is 0 Å². The molecular formula is C14H19NO4. The van der Waals surface area contributed by atoms with Crippen LogP contribution < -0.4 is 5.32 Å². The van der Waals surface area contributed by atoms with Crippen molar-refractivity contribution in [2.45, 2.75) is 39.7 Å². The molecule has 0 aliphatic carbocycles. The molecule has 0 fully saturated rings. The number of rotatable bonds is 6. The highest BCUT2D eigenvalue weighted by Crippen LogP contribution is 2.00. The number of alkyl carbamates (subject to hydrolysis) is 1. The average Bonchev–Trinajstić information content (AvgIpc) is 2.38. The number of carbonyl (C=O) groups is 2. The van der Waals surface area contributed by atoms with Crippen LogP contribution in [0.2, 0.25) is 0 Å². The molecule has 104 valence electrons. The van der Waals surface area contributed by atoms with E-state index in [1.807, 2.05) is 6.92 Å². The van der Waals surface area contributed by atoms with Crippen molar-refractivity contribution < 1.29 is 19.1 Å². The SMILES string of the molecule is CC#CCOC(=O)N[C@@H](CCC)C(=O)OCC#CC. The molecule has 0 rings (SSSR count). The second-order valence-electron chi connectivity index (χ2n) is 3.52. The van der Waals surface area contributed by atoms with Crippen LogP contribution in [0.5, 0.6) is 0 Å². The van der Waals surface area contributed by atoms with E-state index in [-0.39, 0.29) is 13.2 Å². The molecule has 19 heavy (non-hydrogen) atoms. The predicted octanol–water partition coefficient (Wildman–Crippen LogP) is 1.47. The van der Waals surface area contributed by atoms with Crippen molar-refractivity contribution in [2.24, 2.45) is 0 Å². The Morgan fingerprint density at radius 3 is 2.21 bits per heavy atom. The molecule has 0 unspecified atom stereocenters. The number of carbonyl (C=O) groups excluding carboxylic acids is 2. The third kappa shape index (κ3) is 8.57. The molecule has 0 aliphatic heterocycles. The van der Waals surface area contributed by atoms with Gasteiger partial charge in [0, 0.05) is 0 Å². The van der Waals surface area contributed by atoms with Crippen LogP contribution in [0.1, 0.15) is 33.6 Å². The van der Waals surface area contributed by atoms with Crippen molar-refractivity contribution in [3.63, 3.8) is 0 Å². The monoisotopic (exact) mass is 265 g/mol. The van der Waals surface area contributed by atoms with Crippen molar-refractivity contribution in [2.75, 3.05) is 13.2 Å². The Morgan fingerprint density at radius 1 is 1.11 bits per heavy atom. The highest BCUT2D eigenvalue weighted by Gasteiger charge is 2.21. The summed E-state index contributed by atoms with van der Waals surface area (Å²) < 4.78 is 9.69. The van der Waals surface area contributed by atoms with E-state index in [1.165, 1.54) is 0 Å². The first-order valence-corrected chi connectivity index (χ1v) is 6.04. The minimum Gasteiger partial charge on any atom is -0.451 e. The molecule has 0 heterocycles. The average molecular weight is 265 g/mol. The molecule has 0 radical (unpaired) electrons. The fourth-order valence-electron chi connectivity index (χ4n) is 1.18. The van der Waals surface area contributed by atoms with Crippen molar-refractivity contribution >= 4 is 12.1 Å². The van der Waals surface area contributed by atoms with Crippen LogP contribution in [0, 0.1) is 23.7 Å². The molecule has 0 aromatic carbocycles. The Hall–Kier alpha value is -2.14. The Bertz CT molecular complexity index is 409. The summed E-state index contributed by atoms with van der Waals surface area (Å²) in [6, 6.07) is -0.717. The summed E-state index contributed by atoms with van der Waals surface area (Å²) in [4.78, 5) is 23.1. The lowest BCUT2D eigenvalue weighted by Gasteiger charge is -2.15. The summed E-state index contributed by atoms with van der Waals surface area (Å²) in [6.07, 6.45) is 0.529. The van der Waals surface area contributed by atoms with Gasteiger partial charge in [0.15, 0.2) is 13.2 Å². The van der Waals surface area contributed by atoms with E-state index in [2.05, 4.69) is 29.0 Å². The quantitative estimate of drug-likeness (QED) is 0.583. The molecule has 5 nitrogen and oxygen atoms in total. The van der Waals surface area contributed by atoms with Gasteiger partial charge in [-0.1, -0.05) is 25.2 Å². The molecule has 0 aromatic rings. The zero-order valence-corrected chi connectivity index (χ0v) is 11.5.